The summed E-state index contributed by atoms with van der Waals surface area (Å²) >= 11 is 0. The molecule has 1 aliphatic heterocycles. The van der Waals surface area contributed by atoms with E-state index in [-0.39, 0.29) is 37.5 Å². The molecule has 0 aromatic heterocycles. The van der Waals surface area contributed by atoms with Crippen molar-refractivity contribution >= 4 is 41.5 Å². The predicted molar refractivity (Wildman–Crippen MR) is 229 cm³/mol. The van der Waals surface area contributed by atoms with Crippen molar-refractivity contribution in [1.82, 2.24) is 25.3 Å². The number of methoxy groups -OCH3 is 2. The van der Waals surface area contributed by atoms with Crippen LogP contribution in [0.2, 0.25) is 0 Å². The number of nitrogens with one attached hydrogen (secondary N) is 2. The summed E-state index contributed by atoms with van der Waals surface area (Å²) in [4.78, 5) is 97.0. The average molecular weight is 862 g/mol. The molecule has 1 heterocycles. The monoisotopic (exact) mass is 862 g/mol. The van der Waals surface area contributed by atoms with E-state index in [1.165, 1.54) is 19.1 Å². The molecule has 5 amide bonds. The van der Waals surface area contributed by atoms with Gasteiger partial charge in [0.15, 0.2) is 0 Å². The van der Waals surface area contributed by atoms with Crippen LogP contribution in [-0.4, -0.2) is 150 Å². The largest absolute Gasteiger partial charge is 0.480 e. The molecule has 1 aromatic rings. The second kappa shape index (κ2) is 24.7. The van der Waals surface area contributed by atoms with Crippen LogP contribution in [0.15, 0.2) is 30.3 Å². The van der Waals surface area contributed by atoms with Gasteiger partial charge in [-0.15, -0.1) is 0 Å². The third-order valence-corrected chi connectivity index (χ3v) is 11.9. The van der Waals surface area contributed by atoms with Crippen molar-refractivity contribution in [3.8, 4) is 0 Å². The fraction of sp³-hybridized carbons (Fsp3) is 0.705. The molecular weight excluding hydrogens is 789 g/mol. The molecule has 0 aliphatic carbocycles. The highest BCUT2D eigenvalue weighted by Gasteiger charge is 2.44. The fourth-order valence-corrected chi connectivity index (χ4v) is 8.14. The number of nitrogens with zero attached hydrogens (tertiary/aromatic N) is 3. The van der Waals surface area contributed by atoms with Gasteiger partial charge in [0.2, 0.25) is 29.5 Å². The SMILES string of the molecule is [2H]CN(C(=O)CC[C@H](N)C(=O)O)[C@H](C(=O)N[C@H](C(=O)N(C)[C@@H]([C@@H](C)CC)[C@@H](CC(=O)N1CCC[C@H]1[C@H](OC)[C@@H](C)C(=O)N[C@@H](Cc1ccccc1)C(=O)O)OC)C(C)C)C(C)C. The number of nitrogens with two attached hydrogens (primary N) is 1. The molecule has 10 atom stereocenters. The van der Waals surface area contributed by atoms with Gasteiger partial charge in [-0.1, -0.05) is 85.2 Å². The molecule has 1 saturated heterocycles. The number of carboxylic acid groups (broad SMARTS) is 2. The number of likely N-dealkylation sites (tertiary alicyclic amines) is 1. The van der Waals surface area contributed by atoms with Crippen molar-refractivity contribution in [3.05, 3.63) is 35.9 Å². The normalized spacial score (nSPS) is 18.7. The predicted octanol–water partition coefficient (Wildman–Crippen LogP) is 2.53. The van der Waals surface area contributed by atoms with Crippen LogP contribution in [0.4, 0.5) is 0 Å². The first kappa shape index (κ1) is 50.7. The molecule has 0 bridgehead atoms. The van der Waals surface area contributed by atoms with E-state index < -0.39 is 109 Å². The maximum Gasteiger partial charge on any atom is 0.326 e. The van der Waals surface area contributed by atoms with Crippen molar-refractivity contribution < 1.29 is 54.6 Å². The van der Waals surface area contributed by atoms with Crippen LogP contribution in [0.5, 0.6) is 0 Å². The molecule has 17 nitrogen and oxygen atoms in total. The molecule has 2 rings (SSSR count). The number of carbonyl (C=O) groups excluding carboxylic acids is 5. The van der Waals surface area contributed by atoms with Crippen LogP contribution in [0.3, 0.4) is 0 Å². The number of hydrogen-bond acceptors (Lipinski definition) is 10. The van der Waals surface area contributed by atoms with E-state index >= 15 is 0 Å². The van der Waals surface area contributed by atoms with E-state index in [0.717, 1.165) is 10.5 Å². The Morgan fingerprint density at radius 2 is 1.56 bits per heavy atom. The Bertz CT molecular complexity index is 1650. The first-order valence-electron chi connectivity index (χ1n) is 21.9. The van der Waals surface area contributed by atoms with Crippen molar-refractivity contribution in [3.63, 3.8) is 0 Å². The molecule has 0 unspecified atom stereocenters. The van der Waals surface area contributed by atoms with Gasteiger partial charge in [0.05, 0.1) is 36.6 Å². The highest BCUT2D eigenvalue weighted by molar-refractivity contribution is 5.92. The van der Waals surface area contributed by atoms with E-state index in [1.807, 2.05) is 19.9 Å². The molecule has 1 aliphatic rings. The van der Waals surface area contributed by atoms with Gasteiger partial charge in [-0.2, -0.15) is 0 Å². The van der Waals surface area contributed by atoms with Crippen LogP contribution < -0.4 is 16.4 Å². The van der Waals surface area contributed by atoms with E-state index in [0.29, 0.717) is 25.8 Å². The molecule has 6 N–H and O–H groups in total. The molecule has 344 valence electrons. The van der Waals surface area contributed by atoms with Gasteiger partial charge < -0.3 is 50.8 Å². The summed E-state index contributed by atoms with van der Waals surface area (Å²) in [6, 6.07) is 3.19. The van der Waals surface area contributed by atoms with E-state index in [9.17, 15) is 38.7 Å². The fourth-order valence-electron chi connectivity index (χ4n) is 8.14. The van der Waals surface area contributed by atoms with E-state index in [2.05, 4.69) is 10.6 Å². The van der Waals surface area contributed by atoms with Crippen molar-refractivity contribution in [2.75, 3.05) is 34.8 Å². The Morgan fingerprint density at radius 3 is 2.07 bits per heavy atom. The lowest BCUT2D eigenvalue weighted by Gasteiger charge is -2.41. The topological polar surface area (TPSA) is 238 Å². The lowest BCUT2D eigenvalue weighted by atomic mass is 9.89. The third kappa shape index (κ3) is 14.5. The molecule has 0 saturated carbocycles. The first-order chi connectivity index (χ1) is 29.2. The van der Waals surface area contributed by atoms with Crippen molar-refractivity contribution in [1.29, 1.82) is 0 Å². The minimum atomic E-state index is -1.28. The summed E-state index contributed by atoms with van der Waals surface area (Å²) in [6.45, 7) is 12.9. The zero-order valence-corrected chi connectivity index (χ0v) is 37.7. The summed E-state index contributed by atoms with van der Waals surface area (Å²) in [5, 5.41) is 24.6. The van der Waals surface area contributed by atoms with Gasteiger partial charge in [-0.3, -0.25) is 28.8 Å². The van der Waals surface area contributed by atoms with Crippen LogP contribution in [0, 0.1) is 23.7 Å². The van der Waals surface area contributed by atoms with Gasteiger partial charge >= 0.3 is 11.9 Å². The lowest BCUT2D eigenvalue weighted by molar-refractivity contribution is -0.149. The van der Waals surface area contributed by atoms with Gasteiger partial charge in [0.25, 0.3) is 0 Å². The van der Waals surface area contributed by atoms with Gasteiger partial charge in [0.1, 0.15) is 24.2 Å². The Balaban J connectivity index is 2.31. The van der Waals surface area contributed by atoms with E-state index in [1.54, 1.807) is 70.8 Å². The summed E-state index contributed by atoms with van der Waals surface area (Å²) in [7, 11) is 3.95. The molecule has 1 aromatic carbocycles. The Hall–Kier alpha value is -4.61. The Morgan fingerprint density at radius 1 is 0.918 bits per heavy atom. The molecule has 0 spiro atoms. The minimum Gasteiger partial charge on any atom is -0.480 e. The van der Waals surface area contributed by atoms with Crippen molar-refractivity contribution in [2.45, 2.75) is 142 Å². The smallest absolute Gasteiger partial charge is 0.326 e. The second-order valence-electron chi connectivity index (χ2n) is 16.9. The van der Waals surface area contributed by atoms with Crippen LogP contribution in [0.1, 0.15) is 93.9 Å². The van der Waals surface area contributed by atoms with Gasteiger partial charge in [-0.05, 0) is 42.6 Å². The molecule has 61 heavy (non-hydrogen) atoms. The van der Waals surface area contributed by atoms with Gasteiger partial charge in [0, 0.05) is 49.0 Å². The summed E-state index contributed by atoms with van der Waals surface area (Å²) < 4.78 is 19.9. The van der Waals surface area contributed by atoms with Gasteiger partial charge in [-0.25, -0.2) is 4.79 Å². The number of rotatable bonds is 25. The summed E-state index contributed by atoms with van der Waals surface area (Å²) in [6.07, 6.45) is -0.221. The molecule has 1 fully saturated rings. The first-order valence-corrected chi connectivity index (χ1v) is 21.2. The lowest BCUT2D eigenvalue weighted by Crippen LogP contribution is -2.60. The van der Waals surface area contributed by atoms with Crippen LogP contribution in [-0.2, 0) is 49.5 Å². The average Bonchev–Trinajstić information content (AvgIpc) is 3.72. The minimum absolute atomic E-state index is 0.0922. The number of hydrogen-bond donors (Lipinski definition) is 5. The van der Waals surface area contributed by atoms with Crippen LogP contribution >= 0.6 is 0 Å². The Labute approximate surface area is 362 Å². The quantitative estimate of drug-likeness (QED) is 0.0954. The third-order valence-electron chi connectivity index (χ3n) is 11.9. The standard InChI is InChI=1S/C44H72N6O11/c1-12-27(6)38(49(9)42(55)36(25(2)3)47-41(54)37(26(4)5)48(8)34(51)21-20-30(45)43(56)57)33(60-10)24-35(52)50-22-16-19-32(50)39(61-11)28(7)40(53)46-31(44(58)59)23-29-17-14-13-15-18-29/h13-15,17-18,25-28,30-33,36-39H,12,16,19-24,45H2,1-11H3,(H,46,53)(H,47,54)(H,56,57)(H,58,59)/t27-,28+,30-,31-,32-,33+,36-,37-,38-,39+/m0/s1/i8D. The van der Waals surface area contributed by atoms with Crippen molar-refractivity contribution in [2.24, 2.45) is 29.4 Å². The number of carboxylic acids is 2. The second-order valence-corrected chi connectivity index (χ2v) is 16.9. The van der Waals surface area contributed by atoms with E-state index in [4.69, 9.17) is 21.7 Å². The maximum absolute atomic E-state index is 14.5. The highest BCUT2D eigenvalue weighted by Crippen LogP contribution is 2.30. The number of amides is 5. The maximum atomic E-state index is 14.5. The zero-order valence-electron chi connectivity index (χ0n) is 38.7. The number of carbonyl (C=O) groups is 7. The highest BCUT2D eigenvalue weighted by atomic mass is 16.5. The molecular formula is C44H72N6O11. The zero-order chi connectivity index (χ0) is 47.0. The number of benzene rings is 1. The molecule has 17 heteroatoms. The number of likely N-dealkylation sites (N-methyl/N-ethyl adjacent to an activating group) is 2. The summed E-state index contributed by atoms with van der Waals surface area (Å²) in [5.41, 5.74) is 6.34. The summed E-state index contributed by atoms with van der Waals surface area (Å²) in [5.74, 6) is -6.82. The number of ether oxygens (including phenoxy) is 2. The van der Waals surface area contributed by atoms with Crippen LogP contribution in [0.25, 0.3) is 0 Å². The Kier molecular flexibility index (Phi) is 20.6. The number of aliphatic carboxylic acids is 2. The molecule has 0 radical (unpaired) electrons.